The van der Waals surface area contributed by atoms with Gasteiger partial charge in [-0.3, -0.25) is 9.59 Å². The van der Waals surface area contributed by atoms with Gasteiger partial charge in [-0.1, -0.05) is 19.3 Å². The summed E-state index contributed by atoms with van der Waals surface area (Å²) in [5.41, 5.74) is 1.75. The van der Waals surface area contributed by atoms with Crippen LogP contribution in [0, 0.1) is 12.8 Å². The molecule has 1 aliphatic heterocycles. The fraction of sp³-hybridized carbons (Fsp3) is 0.667. The van der Waals surface area contributed by atoms with Gasteiger partial charge in [0.15, 0.2) is 5.78 Å². The van der Waals surface area contributed by atoms with Crippen LogP contribution >= 0.6 is 0 Å². The zero-order chi connectivity index (χ0) is 19.6. The Morgan fingerprint density at radius 2 is 1.81 bits per heavy atom. The molecule has 6 heteroatoms. The first-order valence-electron chi connectivity index (χ1n) is 10.0. The van der Waals surface area contributed by atoms with Crippen LogP contribution < -0.4 is 0 Å². The van der Waals surface area contributed by atoms with E-state index in [1.165, 1.54) is 46.1 Å². The number of nitrogens with zero attached hydrogens (tertiary/aromatic N) is 1. The van der Waals surface area contributed by atoms with Gasteiger partial charge in [-0.2, -0.15) is 0 Å². The number of H-pyrrole nitrogens is 1. The van der Waals surface area contributed by atoms with Crippen molar-refractivity contribution in [3.63, 3.8) is 0 Å². The van der Waals surface area contributed by atoms with Crippen LogP contribution in [0.2, 0.25) is 0 Å². The van der Waals surface area contributed by atoms with Crippen LogP contribution in [0.25, 0.3) is 0 Å². The van der Waals surface area contributed by atoms with Crippen molar-refractivity contribution >= 4 is 17.7 Å². The Kier molecular flexibility index (Phi) is 6.02. The Balaban J connectivity index is 1.81. The highest BCUT2D eigenvalue weighted by atomic mass is 16.5. The average molecular weight is 374 g/mol. The van der Waals surface area contributed by atoms with Crippen molar-refractivity contribution in [2.75, 3.05) is 13.7 Å². The minimum atomic E-state index is -0.510. The van der Waals surface area contributed by atoms with E-state index in [2.05, 4.69) is 4.98 Å². The number of aromatic amines is 1. The van der Waals surface area contributed by atoms with Crippen molar-refractivity contribution < 1.29 is 19.1 Å². The second kappa shape index (κ2) is 8.28. The molecule has 0 spiro atoms. The van der Waals surface area contributed by atoms with Crippen molar-refractivity contribution in [2.24, 2.45) is 5.92 Å². The number of hydrogen-bond acceptors (Lipinski definition) is 4. The van der Waals surface area contributed by atoms with Crippen LogP contribution in [0.1, 0.15) is 84.0 Å². The predicted octanol–water partition coefficient (Wildman–Crippen LogP) is 3.43. The lowest BCUT2D eigenvalue weighted by Crippen LogP contribution is -2.41. The van der Waals surface area contributed by atoms with Crippen molar-refractivity contribution in [1.82, 2.24) is 9.88 Å². The largest absolute Gasteiger partial charge is 0.465 e. The predicted molar refractivity (Wildman–Crippen MR) is 102 cm³/mol. The van der Waals surface area contributed by atoms with E-state index < -0.39 is 5.97 Å². The molecule has 27 heavy (non-hydrogen) atoms. The van der Waals surface area contributed by atoms with Gasteiger partial charge in [0.1, 0.15) is 0 Å². The number of nitrogens with one attached hydrogen (secondary N) is 1. The number of hydrogen-bond donors (Lipinski definition) is 1. The summed E-state index contributed by atoms with van der Waals surface area (Å²) in [5, 5.41) is 0. The molecule has 6 nitrogen and oxygen atoms in total. The Labute approximate surface area is 160 Å². The lowest BCUT2D eigenvalue weighted by Gasteiger charge is -2.34. The number of aromatic nitrogens is 1. The molecular formula is C21H30N2O4. The SMILES string of the molecule is COC(=O)c1c(CC(=O)N2CCC[C@@H]2C2CCCCC2)[nH]c(C(C)=O)c1C. The third kappa shape index (κ3) is 3.94. The van der Waals surface area contributed by atoms with Gasteiger partial charge in [-0.25, -0.2) is 4.79 Å². The number of amides is 1. The summed E-state index contributed by atoms with van der Waals surface area (Å²) >= 11 is 0. The smallest absolute Gasteiger partial charge is 0.339 e. The van der Waals surface area contributed by atoms with Crippen LogP contribution in [-0.4, -0.2) is 47.2 Å². The number of likely N-dealkylation sites (tertiary alicyclic amines) is 1. The van der Waals surface area contributed by atoms with Gasteiger partial charge in [0.2, 0.25) is 5.91 Å². The highest BCUT2D eigenvalue weighted by Crippen LogP contribution is 2.34. The minimum Gasteiger partial charge on any atom is -0.465 e. The van der Waals surface area contributed by atoms with E-state index >= 15 is 0 Å². The van der Waals surface area contributed by atoms with Gasteiger partial charge in [0.05, 0.1) is 24.8 Å². The van der Waals surface area contributed by atoms with E-state index in [1.807, 2.05) is 4.90 Å². The zero-order valence-electron chi connectivity index (χ0n) is 16.6. The molecule has 0 radical (unpaired) electrons. The van der Waals surface area contributed by atoms with Crippen molar-refractivity contribution in [3.05, 3.63) is 22.5 Å². The topological polar surface area (TPSA) is 79.5 Å². The van der Waals surface area contributed by atoms with Gasteiger partial charge < -0.3 is 14.6 Å². The number of ketones is 1. The Morgan fingerprint density at radius 3 is 2.44 bits per heavy atom. The second-order valence-electron chi connectivity index (χ2n) is 7.90. The average Bonchev–Trinajstić information content (AvgIpc) is 3.27. The lowest BCUT2D eigenvalue weighted by atomic mass is 9.83. The van der Waals surface area contributed by atoms with Crippen LogP contribution in [0.4, 0.5) is 0 Å². The van der Waals surface area contributed by atoms with E-state index in [1.54, 1.807) is 6.92 Å². The monoisotopic (exact) mass is 374 g/mol. The Morgan fingerprint density at radius 1 is 1.11 bits per heavy atom. The summed E-state index contributed by atoms with van der Waals surface area (Å²) < 4.78 is 4.88. The van der Waals surface area contributed by atoms with Gasteiger partial charge in [0, 0.05) is 25.2 Å². The van der Waals surface area contributed by atoms with Crippen molar-refractivity contribution in [2.45, 2.75) is 71.3 Å². The maximum atomic E-state index is 13.1. The Hall–Kier alpha value is -2.11. The zero-order valence-corrected chi connectivity index (χ0v) is 16.6. The first-order valence-corrected chi connectivity index (χ1v) is 10.0. The quantitative estimate of drug-likeness (QED) is 0.633. The van der Waals surface area contributed by atoms with Crippen LogP contribution in [0.3, 0.4) is 0 Å². The lowest BCUT2D eigenvalue weighted by molar-refractivity contribution is -0.132. The van der Waals surface area contributed by atoms with E-state index in [0.717, 1.165) is 19.4 Å². The van der Waals surface area contributed by atoms with Gasteiger partial charge in [-0.05, 0) is 44.1 Å². The first kappa shape index (κ1) is 19.6. The molecule has 3 rings (SSSR count). The van der Waals surface area contributed by atoms with Crippen molar-refractivity contribution in [1.29, 1.82) is 0 Å². The molecule has 1 atom stereocenters. The number of Topliss-reactive ketones (excluding diaryl/α,β-unsaturated/α-hetero) is 1. The van der Waals surface area contributed by atoms with Crippen LogP contribution in [0.5, 0.6) is 0 Å². The normalized spacial score (nSPS) is 20.7. The molecule has 1 aromatic heterocycles. The molecule has 1 aromatic rings. The number of carbonyl (C=O) groups is 3. The summed E-state index contributed by atoms with van der Waals surface area (Å²) in [5.74, 6) is -0.0325. The standard InChI is InChI=1S/C21H30N2O4/c1-13-19(21(26)27-3)16(22-20(13)14(2)24)12-18(25)23-11-7-10-17(23)15-8-5-4-6-9-15/h15,17,22H,4-12H2,1-3H3/t17-/m1/s1. The molecule has 1 saturated heterocycles. The minimum absolute atomic E-state index is 0.0320. The molecule has 0 bridgehead atoms. The molecule has 2 fully saturated rings. The molecule has 0 unspecified atom stereocenters. The molecule has 1 N–H and O–H groups in total. The molecule has 148 valence electrons. The van der Waals surface area contributed by atoms with Crippen LogP contribution in [0.15, 0.2) is 0 Å². The third-order valence-electron chi connectivity index (χ3n) is 6.21. The fourth-order valence-electron chi connectivity index (χ4n) is 4.89. The molecule has 2 heterocycles. The number of rotatable bonds is 5. The Bertz CT molecular complexity index is 731. The number of ether oxygens (including phenoxy) is 1. The summed E-state index contributed by atoms with van der Waals surface area (Å²) in [6.07, 6.45) is 8.44. The molecule has 1 aliphatic carbocycles. The molecule has 2 aliphatic rings. The summed E-state index contributed by atoms with van der Waals surface area (Å²) in [6, 6.07) is 0.322. The maximum absolute atomic E-state index is 13.1. The fourth-order valence-corrected chi connectivity index (χ4v) is 4.89. The van der Waals surface area contributed by atoms with E-state index in [-0.39, 0.29) is 18.1 Å². The molecule has 1 saturated carbocycles. The molecular weight excluding hydrogens is 344 g/mol. The van der Waals surface area contributed by atoms with E-state index in [9.17, 15) is 14.4 Å². The summed E-state index contributed by atoms with van der Waals surface area (Å²) in [4.78, 5) is 42.2. The first-order chi connectivity index (χ1) is 12.9. The molecule has 0 aromatic carbocycles. The van der Waals surface area contributed by atoms with E-state index in [4.69, 9.17) is 4.74 Å². The molecule has 1 amide bonds. The third-order valence-corrected chi connectivity index (χ3v) is 6.21. The number of carbonyl (C=O) groups excluding carboxylic acids is 3. The van der Waals surface area contributed by atoms with Gasteiger partial charge >= 0.3 is 5.97 Å². The summed E-state index contributed by atoms with van der Waals surface area (Å²) in [7, 11) is 1.31. The van der Waals surface area contributed by atoms with Gasteiger partial charge in [0.25, 0.3) is 0 Å². The highest BCUT2D eigenvalue weighted by molar-refractivity contribution is 6.01. The maximum Gasteiger partial charge on any atom is 0.339 e. The summed E-state index contributed by atoms with van der Waals surface area (Å²) in [6.45, 7) is 3.95. The highest BCUT2D eigenvalue weighted by Gasteiger charge is 2.36. The number of methoxy groups -OCH3 is 1. The van der Waals surface area contributed by atoms with E-state index in [0.29, 0.717) is 34.5 Å². The van der Waals surface area contributed by atoms with Crippen molar-refractivity contribution in [3.8, 4) is 0 Å². The van der Waals surface area contributed by atoms with Gasteiger partial charge in [-0.15, -0.1) is 0 Å². The second-order valence-corrected chi connectivity index (χ2v) is 7.90. The number of esters is 1. The van der Waals surface area contributed by atoms with Crippen LogP contribution in [-0.2, 0) is 16.0 Å².